The fourth-order valence-electron chi connectivity index (χ4n) is 1.88. The van der Waals surface area contributed by atoms with Crippen LogP contribution in [0.1, 0.15) is 19.8 Å². The molecule has 1 saturated heterocycles. The third-order valence-electron chi connectivity index (χ3n) is 2.93. The van der Waals surface area contributed by atoms with Crippen molar-refractivity contribution in [2.75, 3.05) is 24.4 Å². The maximum absolute atomic E-state index is 11.2. The van der Waals surface area contributed by atoms with E-state index in [9.17, 15) is 4.21 Å². The number of hydrogen-bond acceptors (Lipinski definition) is 4. The summed E-state index contributed by atoms with van der Waals surface area (Å²) in [7, 11) is -0.585. The maximum atomic E-state index is 11.2. The second-order valence-corrected chi connectivity index (χ2v) is 6.81. The molecular formula is C10H21NO2S2. The third-order valence-corrected chi connectivity index (χ3v) is 5.47. The zero-order valence-corrected chi connectivity index (χ0v) is 11.1. The van der Waals surface area contributed by atoms with Crippen LogP contribution in [0.4, 0.5) is 0 Å². The van der Waals surface area contributed by atoms with Crippen LogP contribution in [0.5, 0.6) is 0 Å². The van der Waals surface area contributed by atoms with Crippen molar-refractivity contribution < 1.29 is 9.32 Å². The summed E-state index contributed by atoms with van der Waals surface area (Å²) in [6, 6.07) is 0.806. The highest BCUT2D eigenvalue weighted by Gasteiger charge is 2.22. The minimum Gasteiger partial charge on any atom is -0.395 e. The van der Waals surface area contributed by atoms with E-state index in [4.69, 9.17) is 5.11 Å². The van der Waals surface area contributed by atoms with Crippen LogP contribution < -0.4 is 5.32 Å². The normalized spacial score (nSPS) is 31.1. The Hall–Kier alpha value is 0.420. The van der Waals surface area contributed by atoms with E-state index < -0.39 is 10.8 Å². The summed E-state index contributed by atoms with van der Waals surface area (Å²) in [6.07, 6.45) is 4.03. The summed E-state index contributed by atoms with van der Waals surface area (Å²) in [6.45, 7) is 2.33. The van der Waals surface area contributed by atoms with E-state index in [0.717, 1.165) is 24.3 Å². The largest absolute Gasteiger partial charge is 0.395 e. The van der Waals surface area contributed by atoms with Crippen molar-refractivity contribution in [3.05, 3.63) is 0 Å². The SMILES string of the molecule is CSC(CO)C(C)NC1CCS(=O)CC1. The molecule has 2 N–H and O–H groups in total. The van der Waals surface area contributed by atoms with Gasteiger partial charge < -0.3 is 10.4 Å². The Morgan fingerprint density at radius 2 is 2.13 bits per heavy atom. The molecule has 0 aromatic heterocycles. The Morgan fingerprint density at radius 3 is 2.60 bits per heavy atom. The van der Waals surface area contributed by atoms with Gasteiger partial charge in [0.15, 0.2) is 0 Å². The first-order valence-electron chi connectivity index (χ1n) is 5.42. The molecule has 0 aliphatic carbocycles. The van der Waals surface area contributed by atoms with Crippen molar-refractivity contribution in [3.63, 3.8) is 0 Å². The highest BCUT2D eigenvalue weighted by Crippen LogP contribution is 2.15. The maximum Gasteiger partial charge on any atom is 0.0564 e. The Balaban J connectivity index is 2.31. The van der Waals surface area contributed by atoms with Gasteiger partial charge in [0.2, 0.25) is 0 Å². The topological polar surface area (TPSA) is 49.3 Å². The molecule has 2 atom stereocenters. The summed E-state index contributed by atoms with van der Waals surface area (Å²) in [4.78, 5) is 0. The van der Waals surface area contributed by atoms with Crippen molar-refractivity contribution in [1.82, 2.24) is 5.32 Å². The average Bonchev–Trinajstić information content (AvgIpc) is 2.23. The first-order valence-corrected chi connectivity index (χ1v) is 8.19. The van der Waals surface area contributed by atoms with Crippen LogP contribution in [0.2, 0.25) is 0 Å². The summed E-state index contributed by atoms with van der Waals surface area (Å²) in [5.74, 6) is 1.65. The minimum absolute atomic E-state index is 0.216. The molecule has 0 spiro atoms. The van der Waals surface area contributed by atoms with Gasteiger partial charge in [-0.3, -0.25) is 4.21 Å². The number of nitrogens with one attached hydrogen (secondary N) is 1. The van der Waals surface area contributed by atoms with Crippen LogP contribution in [-0.4, -0.2) is 51.0 Å². The average molecular weight is 251 g/mol. The second-order valence-electron chi connectivity index (χ2n) is 4.03. The molecule has 0 bridgehead atoms. The van der Waals surface area contributed by atoms with Gasteiger partial charge in [0.05, 0.1) is 6.61 Å². The highest BCUT2D eigenvalue weighted by molar-refractivity contribution is 7.99. The first kappa shape index (κ1) is 13.5. The third kappa shape index (κ3) is 4.43. The van der Waals surface area contributed by atoms with E-state index in [1.807, 2.05) is 6.26 Å². The van der Waals surface area contributed by atoms with Crippen molar-refractivity contribution in [2.45, 2.75) is 37.1 Å². The highest BCUT2D eigenvalue weighted by atomic mass is 32.2. The molecule has 1 fully saturated rings. The van der Waals surface area contributed by atoms with Crippen LogP contribution in [0, 0.1) is 0 Å². The van der Waals surface area contributed by atoms with Gasteiger partial charge in [0.25, 0.3) is 0 Å². The lowest BCUT2D eigenvalue weighted by molar-refractivity contribution is 0.268. The lowest BCUT2D eigenvalue weighted by Gasteiger charge is -2.29. The van der Waals surface area contributed by atoms with Crippen molar-refractivity contribution in [1.29, 1.82) is 0 Å². The fraction of sp³-hybridized carbons (Fsp3) is 1.00. The van der Waals surface area contributed by atoms with Gasteiger partial charge in [-0.05, 0) is 26.0 Å². The molecule has 3 nitrogen and oxygen atoms in total. The molecule has 1 aliphatic heterocycles. The van der Waals surface area contributed by atoms with E-state index in [1.165, 1.54) is 0 Å². The second kappa shape index (κ2) is 6.89. The molecule has 1 heterocycles. The number of rotatable bonds is 5. The molecule has 90 valence electrons. The first-order chi connectivity index (χ1) is 7.17. The van der Waals surface area contributed by atoms with Gasteiger partial charge >= 0.3 is 0 Å². The number of aliphatic hydroxyl groups is 1. The lowest BCUT2D eigenvalue weighted by atomic mass is 10.1. The van der Waals surface area contributed by atoms with E-state index in [-0.39, 0.29) is 11.9 Å². The number of hydrogen-bond donors (Lipinski definition) is 2. The van der Waals surface area contributed by atoms with Crippen LogP contribution in [0.3, 0.4) is 0 Å². The predicted octanol–water partition coefficient (Wildman–Crippen LogP) is 0.599. The van der Waals surface area contributed by atoms with Crippen LogP contribution in [-0.2, 0) is 10.8 Å². The molecule has 1 aliphatic rings. The Kier molecular flexibility index (Phi) is 6.19. The molecule has 5 heteroatoms. The van der Waals surface area contributed by atoms with Crippen LogP contribution in [0.25, 0.3) is 0 Å². The molecule has 0 amide bonds. The fourth-order valence-corrected chi connectivity index (χ4v) is 3.81. The minimum atomic E-state index is -0.585. The van der Waals surface area contributed by atoms with Crippen LogP contribution in [0.15, 0.2) is 0 Å². The van der Waals surface area contributed by atoms with E-state index in [0.29, 0.717) is 12.1 Å². The molecule has 15 heavy (non-hydrogen) atoms. The molecule has 0 saturated carbocycles. The number of thioether (sulfide) groups is 1. The van der Waals surface area contributed by atoms with E-state index >= 15 is 0 Å². The summed E-state index contributed by atoms with van der Waals surface area (Å²) in [5.41, 5.74) is 0. The van der Waals surface area contributed by atoms with Gasteiger partial charge in [-0.25, -0.2) is 0 Å². The zero-order chi connectivity index (χ0) is 11.3. The van der Waals surface area contributed by atoms with Gasteiger partial charge in [-0.15, -0.1) is 0 Å². The molecular weight excluding hydrogens is 230 g/mol. The molecule has 0 aromatic rings. The van der Waals surface area contributed by atoms with Crippen molar-refractivity contribution in [3.8, 4) is 0 Å². The van der Waals surface area contributed by atoms with Crippen molar-refractivity contribution in [2.24, 2.45) is 0 Å². The Labute approximate surface area is 98.9 Å². The van der Waals surface area contributed by atoms with Crippen LogP contribution >= 0.6 is 11.8 Å². The zero-order valence-electron chi connectivity index (χ0n) is 9.44. The summed E-state index contributed by atoms with van der Waals surface area (Å²) < 4.78 is 11.2. The van der Waals surface area contributed by atoms with E-state index in [2.05, 4.69) is 12.2 Å². The van der Waals surface area contributed by atoms with Gasteiger partial charge in [-0.2, -0.15) is 11.8 Å². The van der Waals surface area contributed by atoms with E-state index in [1.54, 1.807) is 11.8 Å². The monoisotopic (exact) mass is 251 g/mol. The molecule has 0 aromatic carbocycles. The molecule has 2 unspecified atom stereocenters. The van der Waals surface area contributed by atoms with Gasteiger partial charge in [0, 0.05) is 39.6 Å². The number of aliphatic hydroxyl groups excluding tert-OH is 1. The Morgan fingerprint density at radius 1 is 1.53 bits per heavy atom. The quantitative estimate of drug-likeness (QED) is 0.751. The summed E-state index contributed by atoms with van der Waals surface area (Å²) in [5, 5.41) is 12.9. The van der Waals surface area contributed by atoms with Crippen molar-refractivity contribution >= 4 is 22.6 Å². The Bertz CT molecular complexity index is 200. The molecule has 0 radical (unpaired) electrons. The standard InChI is InChI=1S/C10H21NO2S2/c1-8(10(7-12)14-2)11-9-3-5-15(13)6-4-9/h8-12H,3-7H2,1-2H3. The molecule has 1 rings (SSSR count). The van der Waals surface area contributed by atoms with Gasteiger partial charge in [0.1, 0.15) is 0 Å². The lowest BCUT2D eigenvalue weighted by Crippen LogP contribution is -2.46. The predicted molar refractivity (Wildman–Crippen MR) is 67.9 cm³/mol. The van der Waals surface area contributed by atoms with Gasteiger partial charge in [-0.1, -0.05) is 0 Å². The smallest absolute Gasteiger partial charge is 0.0564 e. The summed E-state index contributed by atoms with van der Waals surface area (Å²) >= 11 is 1.69.